The van der Waals surface area contributed by atoms with Crippen molar-refractivity contribution in [1.82, 2.24) is 14.9 Å². The predicted molar refractivity (Wildman–Crippen MR) is 86.8 cm³/mol. The van der Waals surface area contributed by atoms with Gasteiger partial charge in [0.1, 0.15) is 4.83 Å². The van der Waals surface area contributed by atoms with Crippen LogP contribution in [0.3, 0.4) is 0 Å². The zero-order valence-corrected chi connectivity index (χ0v) is 13.1. The zero-order valence-electron chi connectivity index (χ0n) is 12.3. The van der Waals surface area contributed by atoms with Crippen LogP contribution < -0.4 is 16.6 Å². The summed E-state index contributed by atoms with van der Waals surface area (Å²) in [7, 11) is 0. The Morgan fingerprint density at radius 3 is 3.18 bits per heavy atom. The minimum absolute atomic E-state index is 0.0253. The minimum Gasteiger partial charge on any atom is -0.353 e. The number of hydrogen-bond donors (Lipinski definition) is 2. The molecule has 0 saturated heterocycles. The van der Waals surface area contributed by atoms with Crippen LogP contribution in [0.15, 0.2) is 22.6 Å². The van der Waals surface area contributed by atoms with Crippen LogP contribution in [0.5, 0.6) is 0 Å². The molecule has 1 fully saturated rings. The van der Waals surface area contributed by atoms with E-state index in [-0.39, 0.29) is 23.9 Å². The van der Waals surface area contributed by atoms with E-state index < -0.39 is 0 Å². The van der Waals surface area contributed by atoms with Crippen molar-refractivity contribution in [3.05, 3.63) is 28.1 Å². The second-order valence-corrected chi connectivity index (χ2v) is 6.63. The smallest absolute Gasteiger partial charge is 0.262 e. The fourth-order valence-electron chi connectivity index (χ4n) is 3.06. The normalized spacial score (nSPS) is 21.3. The summed E-state index contributed by atoms with van der Waals surface area (Å²) >= 11 is 1.44. The van der Waals surface area contributed by atoms with Gasteiger partial charge in [-0.2, -0.15) is 0 Å². The highest BCUT2D eigenvalue weighted by atomic mass is 32.1. The van der Waals surface area contributed by atoms with Gasteiger partial charge in [-0.25, -0.2) is 4.98 Å². The Bertz CT molecular complexity index is 724. The third kappa shape index (κ3) is 3.05. The molecule has 1 aliphatic carbocycles. The maximum Gasteiger partial charge on any atom is 0.262 e. The van der Waals surface area contributed by atoms with Crippen molar-refractivity contribution in [3.63, 3.8) is 0 Å². The molecule has 0 aliphatic heterocycles. The first-order chi connectivity index (χ1) is 10.7. The quantitative estimate of drug-likeness (QED) is 0.863. The largest absolute Gasteiger partial charge is 0.353 e. The van der Waals surface area contributed by atoms with Crippen molar-refractivity contribution in [1.29, 1.82) is 0 Å². The summed E-state index contributed by atoms with van der Waals surface area (Å²) in [5.74, 6) is 0.359. The van der Waals surface area contributed by atoms with Crippen molar-refractivity contribution < 1.29 is 4.79 Å². The standard InChI is InChI=1S/C15H20N4O2S/c16-8-10-2-1-3-12(10)18-13(20)4-6-19-9-17-14-11(15(19)21)5-7-22-14/h5,7,9-10,12H,1-4,6,8,16H2,(H,18,20). The Hall–Kier alpha value is -1.73. The molecule has 1 saturated carbocycles. The molecule has 0 spiro atoms. The molecule has 22 heavy (non-hydrogen) atoms. The summed E-state index contributed by atoms with van der Waals surface area (Å²) in [6, 6.07) is 1.96. The molecule has 2 aromatic rings. The van der Waals surface area contributed by atoms with Crippen LogP contribution in [-0.2, 0) is 11.3 Å². The van der Waals surface area contributed by atoms with E-state index >= 15 is 0 Å². The Morgan fingerprint density at radius 2 is 2.36 bits per heavy atom. The van der Waals surface area contributed by atoms with E-state index in [1.807, 2.05) is 5.38 Å². The third-order valence-corrected chi connectivity index (χ3v) is 5.16. The molecule has 2 aromatic heterocycles. The number of aryl methyl sites for hydroxylation is 1. The van der Waals surface area contributed by atoms with Crippen LogP contribution >= 0.6 is 11.3 Å². The van der Waals surface area contributed by atoms with Gasteiger partial charge in [0.25, 0.3) is 5.56 Å². The average Bonchev–Trinajstić information content (AvgIpc) is 3.15. The number of thiophene rings is 1. The first-order valence-corrected chi connectivity index (χ1v) is 8.49. The van der Waals surface area contributed by atoms with E-state index in [0.717, 1.165) is 24.1 Å². The maximum atomic E-state index is 12.2. The van der Waals surface area contributed by atoms with Crippen molar-refractivity contribution in [2.75, 3.05) is 6.54 Å². The van der Waals surface area contributed by atoms with Crippen molar-refractivity contribution in [2.45, 2.75) is 38.3 Å². The molecular weight excluding hydrogens is 300 g/mol. The van der Waals surface area contributed by atoms with Gasteiger partial charge in [0.2, 0.25) is 5.91 Å². The SMILES string of the molecule is NCC1CCCC1NC(=O)CCn1cnc2sccc2c1=O. The topological polar surface area (TPSA) is 90.0 Å². The number of carbonyl (C=O) groups is 1. The number of rotatable bonds is 5. The highest BCUT2D eigenvalue weighted by Crippen LogP contribution is 2.24. The van der Waals surface area contributed by atoms with E-state index in [1.165, 1.54) is 22.2 Å². The molecule has 2 unspecified atom stereocenters. The van der Waals surface area contributed by atoms with Crippen LogP contribution in [0.1, 0.15) is 25.7 Å². The van der Waals surface area contributed by atoms with Crippen LogP contribution in [0.2, 0.25) is 0 Å². The van der Waals surface area contributed by atoms with Gasteiger partial charge >= 0.3 is 0 Å². The van der Waals surface area contributed by atoms with Crippen molar-refractivity contribution >= 4 is 27.5 Å². The number of carbonyl (C=O) groups excluding carboxylic acids is 1. The maximum absolute atomic E-state index is 12.2. The molecule has 0 radical (unpaired) electrons. The lowest BCUT2D eigenvalue weighted by Gasteiger charge is -2.19. The van der Waals surface area contributed by atoms with Crippen LogP contribution in [0, 0.1) is 5.92 Å². The van der Waals surface area contributed by atoms with E-state index in [1.54, 1.807) is 6.07 Å². The fraction of sp³-hybridized carbons (Fsp3) is 0.533. The number of nitrogens with one attached hydrogen (secondary N) is 1. The second-order valence-electron chi connectivity index (χ2n) is 5.73. The van der Waals surface area contributed by atoms with Crippen LogP contribution in [0.25, 0.3) is 10.2 Å². The summed E-state index contributed by atoms with van der Waals surface area (Å²) in [6.07, 6.45) is 5.00. The monoisotopic (exact) mass is 320 g/mol. The lowest BCUT2D eigenvalue weighted by atomic mass is 10.0. The van der Waals surface area contributed by atoms with E-state index in [2.05, 4.69) is 10.3 Å². The number of hydrogen-bond acceptors (Lipinski definition) is 5. The van der Waals surface area contributed by atoms with Gasteiger partial charge in [0.15, 0.2) is 0 Å². The molecule has 1 amide bonds. The molecule has 2 heterocycles. The van der Waals surface area contributed by atoms with Crippen LogP contribution in [0.4, 0.5) is 0 Å². The summed E-state index contributed by atoms with van der Waals surface area (Å²) in [6.45, 7) is 0.965. The number of aromatic nitrogens is 2. The highest BCUT2D eigenvalue weighted by Gasteiger charge is 2.27. The first-order valence-electron chi connectivity index (χ1n) is 7.61. The second kappa shape index (κ2) is 6.58. The minimum atomic E-state index is -0.0836. The summed E-state index contributed by atoms with van der Waals surface area (Å²) in [4.78, 5) is 29.3. The Kier molecular flexibility index (Phi) is 4.54. The fourth-order valence-corrected chi connectivity index (χ4v) is 3.79. The molecule has 0 aromatic carbocycles. The Labute approximate surface area is 132 Å². The third-order valence-electron chi connectivity index (χ3n) is 4.34. The van der Waals surface area contributed by atoms with Gasteiger partial charge in [0, 0.05) is 19.0 Å². The lowest BCUT2D eigenvalue weighted by molar-refractivity contribution is -0.122. The summed E-state index contributed by atoms with van der Waals surface area (Å²) in [5, 5.41) is 5.52. The average molecular weight is 320 g/mol. The lowest BCUT2D eigenvalue weighted by Crippen LogP contribution is -2.40. The predicted octanol–water partition coefficient (Wildman–Crippen LogP) is 1.09. The Balaban J connectivity index is 1.60. The van der Waals surface area contributed by atoms with Gasteiger partial charge < -0.3 is 11.1 Å². The number of nitrogens with zero attached hydrogens (tertiary/aromatic N) is 2. The molecule has 2 atom stereocenters. The first kappa shape index (κ1) is 15.2. The van der Waals surface area contributed by atoms with E-state index in [0.29, 0.717) is 24.4 Å². The summed E-state index contributed by atoms with van der Waals surface area (Å²) < 4.78 is 1.50. The van der Waals surface area contributed by atoms with E-state index in [4.69, 9.17) is 5.73 Å². The van der Waals surface area contributed by atoms with Crippen molar-refractivity contribution in [2.24, 2.45) is 11.7 Å². The molecule has 7 heteroatoms. The highest BCUT2D eigenvalue weighted by molar-refractivity contribution is 7.16. The summed E-state index contributed by atoms with van der Waals surface area (Å²) in [5.41, 5.74) is 5.64. The van der Waals surface area contributed by atoms with Gasteiger partial charge in [-0.1, -0.05) is 6.42 Å². The number of amides is 1. The molecule has 0 bridgehead atoms. The molecule has 118 valence electrons. The van der Waals surface area contributed by atoms with E-state index in [9.17, 15) is 9.59 Å². The number of nitrogens with two attached hydrogens (primary N) is 1. The zero-order chi connectivity index (χ0) is 15.5. The van der Waals surface area contributed by atoms with Crippen molar-refractivity contribution in [3.8, 4) is 0 Å². The molecule has 1 aliphatic rings. The van der Waals surface area contributed by atoms with Gasteiger partial charge in [-0.05, 0) is 36.8 Å². The molecule has 6 nitrogen and oxygen atoms in total. The van der Waals surface area contributed by atoms with Gasteiger partial charge in [-0.3, -0.25) is 14.2 Å². The van der Waals surface area contributed by atoms with Gasteiger partial charge in [0.05, 0.1) is 11.7 Å². The molecule has 3 N–H and O–H groups in total. The number of fused-ring (bicyclic) bond motifs is 1. The molecule has 3 rings (SSSR count). The van der Waals surface area contributed by atoms with Gasteiger partial charge in [-0.15, -0.1) is 11.3 Å². The Morgan fingerprint density at radius 1 is 1.50 bits per heavy atom. The molecular formula is C15H20N4O2S. The van der Waals surface area contributed by atoms with Crippen LogP contribution in [-0.4, -0.2) is 28.0 Å².